The summed E-state index contributed by atoms with van der Waals surface area (Å²) < 4.78 is 16.3. The number of thioether (sulfide) groups is 1. The molecule has 0 spiro atoms. The van der Waals surface area contributed by atoms with Crippen molar-refractivity contribution in [2.24, 2.45) is 5.11 Å². The van der Waals surface area contributed by atoms with E-state index in [9.17, 15) is 14.7 Å². The average Bonchev–Trinajstić information content (AvgIpc) is 2.60. The molecule has 0 bridgehead atoms. The van der Waals surface area contributed by atoms with Crippen molar-refractivity contribution in [1.29, 1.82) is 0 Å². The topological polar surface area (TPSA) is 131 Å². The quantitative estimate of drug-likeness (QED) is 0.262. The van der Waals surface area contributed by atoms with Gasteiger partial charge in [0.05, 0.1) is 6.61 Å². The van der Waals surface area contributed by atoms with E-state index in [4.69, 9.17) is 19.7 Å². The van der Waals surface area contributed by atoms with E-state index in [2.05, 4.69) is 10.0 Å². The van der Waals surface area contributed by atoms with Crippen molar-refractivity contribution in [2.45, 2.75) is 48.5 Å². The third-order valence-electron chi connectivity index (χ3n) is 3.58. The Morgan fingerprint density at radius 2 is 1.85 bits per heavy atom. The van der Waals surface area contributed by atoms with Crippen LogP contribution in [0.4, 0.5) is 0 Å². The van der Waals surface area contributed by atoms with Crippen LogP contribution in [-0.2, 0) is 23.8 Å². The number of hydrogen-bond donors (Lipinski definition) is 1. The molecule has 1 aliphatic heterocycles. The van der Waals surface area contributed by atoms with Crippen LogP contribution in [0.2, 0.25) is 0 Å². The fourth-order valence-corrected chi connectivity index (χ4v) is 3.74. The molecule has 5 atom stereocenters. The fourth-order valence-electron chi connectivity index (χ4n) is 2.61. The first-order valence-corrected chi connectivity index (χ1v) is 8.71. The van der Waals surface area contributed by atoms with Crippen LogP contribution in [0.3, 0.4) is 0 Å². The highest BCUT2D eigenvalue weighted by Crippen LogP contribution is 2.37. The van der Waals surface area contributed by atoms with Gasteiger partial charge < -0.3 is 19.3 Å². The first-order valence-electron chi connectivity index (χ1n) is 7.83. The smallest absolute Gasteiger partial charge is 0.303 e. The Hall–Kier alpha value is -2.26. The second-order valence-corrected chi connectivity index (χ2v) is 6.67. The van der Waals surface area contributed by atoms with Crippen molar-refractivity contribution in [3.63, 3.8) is 0 Å². The molecule has 1 aromatic rings. The summed E-state index contributed by atoms with van der Waals surface area (Å²) in [6.07, 6.45) is -3.11. The largest absolute Gasteiger partial charge is 0.458 e. The predicted molar refractivity (Wildman–Crippen MR) is 92.1 cm³/mol. The molecular formula is C16H19N3O6S. The minimum atomic E-state index is -1.09. The van der Waals surface area contributed by atoms with Gasteiger partial charge in [-0.05, 0) is 17.7 Å². The Balaban J connectivity index is 2.37. The van der Waals surface area contributed by atoms with Crippen molar-refractivity contribution in [3.8, 4) is 0 Å². The van der Waals surface area contributed by atoms with E-state index in [1.54, 1.807) is 0 Å². The SMILES string of the molecule is CC(=O)O[C@H]1[C@H](OC(C)=O)[C@@H](CO)O[13C@H](Sc2ccccc2)[C@@H]1N=[N+]=[N-]. The second-order valence-electron chi connectivity index (χ2n) is 5.50. The maximum atomic E-state index is 11.5. The molecule has 9 nitrogen and oxygen atoms in total. The Labute approximate surface area is 154 Å². The van der Waals surface area contributed by atoms with E-state index >= 15 is 0 Å². The van der Waals surface area contributed by atoms with Crippen LogP contribution in [0.15, 0.2) is 40.3 Å². The van der Waals surface area contributed by atoms with Gasteiger partial charge in [-0.2, -0.15) is 0 Å². The van der Waals surface area contributed by atoms with Crippen LogP contribution in [0.1, 0.15) is 13.8 Å². The van der Waals surface area contributed by atoms with Crippen molar-refractivity contribution < 1.29 is 28.9 Å². The van der Waals surface area contributed by atoms with Gasteiger partial charge in [0.2, 0.25) is 0 Å². The lowest BCUT2D eigenvalue weighted by molar-refractivity contribution is -0.206. The fraction of sp³-hybridized carbons (Fsp3) is 0.500. The molecule has 0 amide bonds. The number of carbonyl (C=O) groups is 2. The van der Waals surface area contributed by atoms with E-state index in [0.717, 1.165) is 4.90 Å². The molecule has 1 saturated heterocycles. The monoisotopic (exact) mass is 382 g/mol. The van der Waals surface area contributed by atoms with E-state index < -0.39 is 48.3 Å². The number of benzene rings is 1. The average molecular weight is 382 g/mol. The number of carbonyl (C=O) groups excluding carboxylic acids is 2. The minimum absolute atomic E-state index is 0.468. The van der Waals surface area contributed by atoms with Crippen LogP contribution < -0.4 is 0 Å². The van der Waals surface area contributed by atoms with Gasteiger partial charge in [-0.1, -0.05) is 35.1 Å². The molecule has 2 rings (SSSR count). The van der Waals surface area contributed by atoms with Gasteiger partial charge in [0, 0.05) is 23.7 Å². The molecule has 10 heteroatoms. The zero-order valence-electron chi connectivity index (χ0n) is 14.2. The van der Waals surface area contributed by atoms with Gasteiger partial charge >= 0.3 is 11.9 Å². The zero-order valence-corrected chi connectivity index (χ0v) is 15.0. The highest BCUT2D eigenvalue weighted by molar-refractivity contribution is 7.99. The molecule has 1 heterocycles. The molecule has 26 heavy (non-hydrogen) atoms. The first kappa shape index (κ1) is 20.1. The van der Waals surface area contributed by atoms with Crippen LogP contribution >= 0.6 is 11.8 Å². The molecule has 0 aliphatic carbocycles. The Bertz CT molecular complexity index is 682. The molecule has 1 N–H and O–H groups in total. The van der Waals surface area contributed by atoms with Crippen LogP contribution in [0.25, 0.3) is 10.4 Å². The molecule has 0 radical (unpaired) electrons. The summed E-state index contributed by atoms with van der Waals surface area (Å²) in [6, 6.07) is 8.25. The van der Waals surface area contributed by atoms with Gasteiger partial charge in [0.25, 0.3) is 0 Å². The minimum Gasteiger partial charge on any atom is -0.458 e. The standard InChI is InChI=1S/C16H19N3O6S/c1-9(21)23-14-12(8-20)25-16(26-11-6-4-3-5-7-11)13(18-19-17)15(14)24-10(2)22/h3-7,12-16,20H,8H2,1-2H3/t12-,13-,14-,15-,16-/m1/s1/i16+1. The lowest BCUT2D eigenvalue weighted by atomic mass is 10.0. The van der Waals surface area contributed by atoms with Crippen LogP contribution in [0, 0.1) is 0 Å². The van der Waals surface area contributed by atoms with E-state index in [0.29, 0.717) is 0 Å². The Morgan fingerprint density at radius 1 is 1.23 bits per heavy atom. The summed E-state index contributed by atoms with van der Waals surface area (Å²) in [5, 5.41) is 13.4. The van der Waals surface area contributed by atoms with Gasteiger partial charge in [0.1, 0.15) is 17.6 Å². The number of azide groups is 1. The highest BCUT2D eigenvalue weighted by Gasteiger charge is 2.49. The van der Waals surface area contributed by atoms with Crippen molar-refractivity contribution in [3.05, 3.63) is 40.8 Å². The number of nitrogens with zero attached hydrogens (tertiary/aromatic N) is 3. The normalized spacial score (nSPS) is 27.9. The number of esters is 2. The van der Waals surface area contributed by atoms with Crippen LogP contribution in [0.5, 0.6) is 0 Å². The molecule has 1 fully saturated rings. The number of aliphatic hydroxyl groups is 1. The molecule has 140 valence electrons. The summed E-state index contributed by atoms with van der Waals surface area (Å²) in [5.74, 6) is -1.27. The molecule has 1 aliphatic rings. The van der Waals surface area contributed by atoms with Crippen molar-refractivity contribution in [1.82, 2.24) is 0 Å². The molecule has 0 aromatic heterocycles. The van der Waals surface area contributed by atoms with E-state index in [-0.39, 0.29) is 0 Å². The van der Waals surface area contributed by atoms with E-state index in [1.807, 2.05) is 30.3 Å². The highest BCUT2D eigenvalue weighted by atomic mass is 32.2. The number of hydrogen-bond acceptors (Lipinski definition) is 8. The maximum absolute atomic E-state index is 11.5. The Kier molecular flexibility index (Phi) is 7.28. The third kappa shape index (κ3) is 5.12. The van der Waals surface area contributed by atoms with Gasteiger partial charge in [-0.3, -0.25) is 9.59 Å². The number of aliphatic hydroxyl groups excluding tert-OH is 1. The number of rotatable bonds is 6. The van der Waals surface area contributed by atoms with Crippen molar-refractivity contribution >= 4 is 23.7 Å². The lowest BCUT2D eigenvalue weighted by Crippen LogP contribution is -2.59. The van der Waals surface area contributed by atoms with Gasteiger partial charge in [0.15, 0.2) is 12.2 Å². The lowest BCUT2D eigenvalue weighted by Gasteiger charge is -2.43. The molecular weight excluding hydrogens is 363 g/mol. The Morgan fingerprint density at radius 3 is 2.38 bits per heavy atom. The molecule has 1 aromatic carbocycles. The maximum Gasteiger partial charge on any atom is 0.303 e. The van der Waals surface area contributed by atoms with Gasteiger partial charge in [-0.25, -0.2) is 0 Å². The zero-order chi connectivity index (χ0) is 19.1. The van der Waals surface area contributed by atoms with Gasteiger partial charge in [-0.15, -0.1) is 0 Å². The molecule has 0 unspecified atom stereocenters. The summed E-state index contributed by atoms with van der Waals surface area (Å²) in [7, 11) is 0. The second kappa shape index (κ2) is 9.44. The third-order valence-corrected chi connectivity index (χ3v) is 4.75. The number of ether oxygens (including phenoxy) is 3. The van der Waals surface area contributed by atoms with E-state index in [1.165, 1.54) is 25.6 Å². The van der Waals surface area contributed by atoms with Crippen LogP contribution in [-0.4, -0.2) is 53.4 Å². The summed E-state index contributed by atoms with van der Waals surface area (Å²) >= 11 is 1.25. The van der Waals surface area contributed by atoms with Crippen molar-refractivity contribution in [2.75, 3.05) is 6.61 Å². The first-order chi connectivity index (χ1) is 12.5. The predicted octanol–water partition coefficient (Wildman–Crippen LogP) is 2.04. The summed E-state index contributed by atoms with van der Waals surface area (Å²) in [5.41, 5.74) is 8.19. The molecule has 0 saturated carbocycles. The summed E-state index contributed by atoms with van der Waals surface area (Å²) in [4.78, 5) is 26.6. The summed E-state index contributed by atoms with van der Waals surface area (Å²) in [6.45, 7) is 1.91.